The van der Waals surface area contributed by atoms with Gasteiger partial charge in [0.1, 0.15) is 8.77 Å². The zero-order valence-electron chi connectivity index (χ0n) is 7.50. The molecule has 0 aliphatic rings. The standard InChI is InChI=1S/C9H12O3S2/c10-9(6-7-14(11,12)13)8-4-2-1-3-5-8/h1-5,9-10H,6-7H2,(H,11,12,13)/t9-/m0/s1. The van der Waals surface area contributed by atoms with Gasteiger partial charge in [0.05, 0.1) is 11.9 Å². The summed E-state index contributed by atoms with van der Waals surface area (Å²) in [5.74, 6) is -0.0571. The Bertz CT molecular complexity index is 372. The minimum absolute atomic E-state index is 0.0571. The first-order chi connectivity index (χ1) is 6.49. The summed E-state index contributed by atoms with van der Waals surface area (Å²) in [5, 5.41) is 9.60. The molecule has 0 bridgehead atoms. The Kier molecular flexibility index (Phi) is 4.00. The second-order valence-corrected chi connectivity index (χ2v) is 6.14. The number of aliphatic hydroxyl groups excluding tert-OH is 1. The average molecular weight is 232 g/mol. The fourth-order valence-corrected chi connectivity index (χ4v) is 1.91. The molecule has 0 spiro atoms. The molecule has 0 radical (unpaired) electrons. The zero-order valence-corrected chi connectivity index (χ0v) is 9.13. The third-order valence-electron chi connectivity index (χ3n) is 1.83. The van der Waals surface area contributed by atoms with Gasteiger partial charge >= 0.3 is 0 Å². The van der Waals surface area contributed by atoms with Crippen LogP contribution in [0.1, 0.15) is 18.1 Å². The van der Waals surface area contributed by atoms with Gasteiger partial charge in [-0.3, -0.25) is 0 Å². The predicted octanol–water partition coefficient (Wildman–Crippen LogP) is 1.33. The molecule has 0 amide bonds. The number of aliphatic hydroxyl groups is 1. The Labute approximate surface area is 88.3 Å². The van der Waals surface area contributed by atoms with E-state index >= 15 is 0 Å². The highest BCUT2D eigenvalue weighted by Crippen LogP contribution is 2.16. The van der Waals surface area contributed by atoms with E-state index in [1.165, 1.54) is 0 Å². The van der Waals surface area contributed by atoms with Gasteiger partial charge < -0.3 is 9.66 Å². The molecule has 0 saturated heterocycles. The van der Waals surface area contributed by atoms with Gasteiger partial charge in [-0.25, -0.2) is 4.21 Å². The lowest BCUT2D eigenvalue weighted by atomic mass is 10.1. The number of hydrogen-bond donors (Lipinski definition) is 2. The molecule has 0 aliphatic heterocycles. The zero-order chi connectivity index (χ0) is 10.6. The molecule has 3 nitrogen and oxygen atoms in total. The molecule has 5 heteroatoms. The minimum atomic E-state index is -3.15. The van der Waals surface area contributed by atoms with Gasteiger partial charge in [-0.05, 0) is 12.0 Å². The lowest BCUT2D eigenvalue weighted by Crippen LogP contribution is -2.07. The maximum atomic E-state index is 10.8. The smallest absolute Gasteiger partial charge is 0.141 e. The molecular weight excluding hydrogens is 220 g/mol. The molecule has 1 unspecified atom stereocenters. The van der Waals surface area contributed by atoms with E-state index in [1.54, 1.807) is 12.1 Å². The largest absolute Gasteiger partial charge is 0.388 e. The van der Waals surface area contributed by atoms with Crippen LogP contribution >= 0.6 is 0 Å². The van der Waals surface area contributed by atoms with Crippen molar-refractivity contribution in [3.8, 4) is 0 Å². The first-order valence-corrected chi connectivity index (χ1v) is 6.78. The van der Waals surface area contributed by atoms with E-state index in [4.69, 9.17) is 4.55 Å². The lowest BCUT2D eigenvalue weighted by molar-refractivity contribution is 0.174. The number of hydrogen-bond acceptors (Lipinski definition) is 3. The molecule has 78 valence electrons. The van der Waals surface area contributed by atoms with Crippen molar-refractivity contribution in [2.24, 2.45) is 0 Å². The fraction of sp³-hybridized carbons (Fsp3) is 0.333. The van der Waals surface area contributed by atoms with Crippen LogP contribution in [0.4, 0.5) is 0 Å². The lowest BCUT2D eigenvalue weighted by Gasteiger charge is -2.09. The second kappa shape index (κ2) is 4.84. The third kappa shape index (κ3) is 4.15. The Morgan fingerprint density at radius 1 is 1.36 bits per heavy atom. The highest BCUT2D eigenvalue weighted by Gasteiger charge is 2.09. The highest BCUT2D eigenvalue weighted by atomic mass is 32.8. The summed E-state index contributed by atoms with van der Waals surface area (Å²) in [6, 6.07) is 9.00. The van der Waals surface area contributed by atoms with E-state index in [0.29, 0.717) is 0 Å². The Hall–Kier alpha value is -0.490. The van der Waals surface area contributed by atoms with E-state index in [9.17, 15) is 9.32 Å². The summed E-state index contributed by atoms with van der Waals surface area (Å²) >= 11 is 4.33. The van der Waals surface area contributed by atoms with Crippen LogP contribution in [0.15, 0.2) is 30.3 Å². The monoisotopic (exact) mass is 232 g/mol. The van der Waals surface area contributed by atoms with Gasteiger partial charge in [0.25, 0.3) is 0 Å². The van der Waals surface area contributed by atoms with Gasteiger partial charge in [0, 0.05) is 11.2 Å². The van der Waals surface area contributed by atoms with E-state index in [0.717, 1.165) is 5.56 Å². The number of benzene rings is 1. The van der Waals surface area contributed by atoms with Crippen LogP contribution in [-0.2, 0) is 20.0 Å². The Morgan fingerprint density at radius 2 is 1.93 bits per heavy atom. The summed E-state index contributed by atoms with van der Waals surface area (Å²) in [5.41, 5.74) is 0.742. The first-order valence-electron chi connectivity index (χ1n) is 4.17. The molecule has 1 aromatic rings. The fourth-order valence-electron chi connectivity index (χ4n) is 1.10. The van der Waals surface area contributed by atoms with E-state index in [1.807, 2.05) is 18.2 Å². The molecule has 2 N–H and O–H groups in total. The van der Waals surface area contributed by atoms with Crippen LogP contribution in [0, 0.1) is 0 Å². The van der Waals surface area contributed by atoms with Crippen LogP contribution in [0.5, 0.6) is 0 Å². The van der Waals surface area contributed by atoms with Crippen LogP contribution in [0.3, 0.4) is 0 Å². The van der Waals surface area contributed by atoms with Gasteiger partial charge in [0.15, 0.2) is 0 Å². The number of rotatable bonds is 4. The predicted molar refractivity (Wildman–Crippen MR) is 59.0 cm³/mol. The van der Waals surface area contributed by atoms with Crippen molar-refractivity contribution in [3.05, 3.63) is 35.9 Å². The summed E-state index contributed by atoms with van der Waals surface area (Å²) in [6.07, 6.45) is -0.504. The normalized spacial score (nSPS) is 17.3. The summed E-state index contributed by atoms with van der Waals surface area (Å²) in [6.45, 7) is 0. The Balaban J connectivity index is 2.56. The van der Waals surface area contributed by atoms with Gasteiger partial charge in [-0.15, -0.1) is 0 Å². The molecular formula is C9H12O3S2. The summed E-state index contributed by atoms with van der Waals surface area (Å²) in [4.78, 5) is 0. The van der Waals surface area contributed by atoms with Crippen LogP contribution in [-0.4, -0.2) is 19.6 Å². The average Bonchev–Trinajstić information content (AvgIpc) is 2.14. The molecule has 0 aromatic heterocycles. The van der Waals surface area contributed by atoms with E-state index < -0.39 is 14.9 Å². The van der Waals surface area contributed by atoms with Crippen molar-refractivity contribution >= 4 is 20.0 Å². The maximum Gasteiger partial charge on any atom is 0.141 e. The topological polar surface area (TPSA) is 57.5 Å². The second-order valence-electron chi connectivity index (χ2n) is 3.00. The van der Waals surface area contributed by atoms with E-state index in [-0.39, 0.29) is 12.2 Å². The molecule has 0 heterocycles. The van der Waals surface area contributed by atoms with Crippen molar-refractivity contribution < 1.29 is 13.9 Å². The van der Waals surface area contributed by atoms with E-state index in [2.05, 4.69) is 11.2 Å². The summed E-state index contributed by atoms with van der Waals surface area (Å²) < 4.78 is 19.6. The van der Waals surface area contributed by atoms with Gasteiger partial charge in [-0.2, -0.15) is 0 Å². The third-order valence-corrected chi connectivity index (χ3v) is 3.09. The molecule has 1 rings (SSSR count). The maximum absolute atomic E-state index is 10.8. The quantitative estimate of drug-likeness (QED) is 0.822. The van der Waals surface area contributed by atoms with Crippen molar-refractivity contribution in [2.45, 2.75) is 12.5 Å². The van der Waals surface area contributed by atoms with Crippen LogP contribution < -0.4 is 0 Å². The van der Waals surface area contributed by atoms with Gasteiger partial charge in [-0.1, -0.05) is 30.3 Å². The molecule has 2 atom stereocenters. The summed E-state index contributed by atoms with van der Waals surface area (Å²) in [7, 11) is -3.15. The van der Waals surface area contributed by atoms with Gasteiger partial charge in [0.2, 0.25) is 0 Å². The molecule has 0 fully saturated rings. The highest BCUT2D eigenvalue weighted by molar-refractivity contribution is 8.29. The molecule has 0 saturated carbocycles. The molecule has 1 aromatic carbocycles. The minimum Gasteiger partial charge on any atom is -0.388 e. The Morgan fingerprint density at radius 3 is 2.43 bits per heavy atom. The van der Waals surface area contributed by atoms with Crippen LogP contribution in [0.25, 0.3) is 0 Å². The van der Waals surface area contributed by atoms with Crippen molar-refractivity contribution in [1.29, 1.82) is 0 Å². The van der Waals surface area contributed by atoms with Crippen molar-refractivity contribution in [2.75, 3.05) is 5.75 Å². The van der Waals surface area contributed by atoms with Crippen LogP contribution in [0.2, 0.25) is 0 Å². The SMILES string of the molecule is O=S(O)(=S)CC[C@H](O)c1ccccc1. The first kappa shape index (κ1) is 11.6. The molecule has 14 heavy (non-hydrogen) atoms. The van der Waals surface area contributed by atoms with Crippen molar-refractivity contribution in [3.63, 3.8) is 0 Å². The molecule has 0 aliphatic carbocycles. The van der Waals surface area contributed by atoms with Crippen molar-refractivity contribution in [1.82, 2.24) is 0 Å².